The summed E-state index contributed by atoms with van der Waals surface area (Å²) in [4.78, 5) is 11.8. The molecule has 0 N–H and O–H groups in total. The van der Waals surface area contributed by atoms with Crippen LogP contribution in [-0.2, 0) is 25.3 Å². The number of carbonyl (C=O) groups excluding carboxylic acids is 1. The van der Waals surface area contributed by atoms with Gasteiger partial charge in [0.1, 0.15) is 18.1 Å². The van der Waals surface area contributed by atoms with E-state index in [1.54, 1.807) is 0 Å². The monoisotopic (exact) mass is 413 g/mol. The maximum absolute atomic E-state index is 13.6. The minimum Gasteiger partial charge on any atom is -0.691 e. The van der Waals surface area contributed by atoms with E-state index < -0.39 is 29.4 Å². The van der Waals surface area contributed by atoms with Gasteiger partial charge >= 0.3 is 11.2 Å². The van der Waals surface area contributed by atoms with Gasteiger partial charge in [0, 0.05) is 0 Å². The van der Waals surface area contributed by atoms with E-state index in [4.69, 9.17) is 4.74 Å². The number of aryl methyl sites for hydroxylation is 1. The van der Waals surface area contributed by atoms with Crippen molar-refractivity contribution < 1.29 is 32.9 Å². The number of ether oxygens (including phenoxy) is 1. The molecule has 4 rings (SSSR count). The molecule has 28 heavy (non-hydrogen) atoms. The molecule has 5 nitrogen and oxygen atoms in total. The summed E-state index contributed by atoms with van der Waals surface area (Å²) in [5.41, 5.74) is 2.58. The van der Waals surface area contributed by atoms with Crippen LogP contribution in [0.15, 0.2) is 24.3 Å². The Morgan fingerprint density at radius 2 is 1.86 bits per heavy atom. The van der Waals surface area contributed by atoms with Crippen LogP contribution >= 0.6 is 12.0 Å². The van der Waals surface area contributed by atoms with Crippen molar-refractivity contribution in [3.05, 3.63) is 35.4 Å². The Hall–Kier alpha value is -1.22. The van der Waals surface area contributed by atoms with Crippen LogP contribution in [0.2, 0.25) is 0 Å². The highest BCUT2D eigenvalue weighted by Gasteiger charge is 2.58. The minimum atomic E-state index is -3.96. The molecule has 6 unspecified atom stereocenters. The zero-order valence-corrected chi connectivity index (χ0v) is 16.3. The lowest BCUT2D eigenvalue weighted by Crippen LogP contribution is -2.37. The number of benzene rings is 1. The molecule has 0 aliphatic heterocycles. The first kappa shape index (κ1) is 20.1. The van der Waals surface area contributed by atoms with Crippen molar-refractivity contribution in [2.24, 2.45) is 29.6 Å². The smallest absolute Gasteiger partial charge is 0.415 e. The predicted molar refractivity (Wildman–Crippen MR) is 95.4 cm³/mol. The zero-order valence-electron chi connectivity index (χ0n) is 15.5. The fourth-order valence-corrected chi connectivity index (χ4v) is 6.01. The molecule has 154 valence electrons. The number of esters is 1. The standard InChI is InChI=1S/C20H24F2O5S/c1-11-2-4-12(5-3-11)6-13-7-15-14-9-17(16(15)8-13)18(10-14)25-19(23)20(21,22)28-27-26-24/h2-5,13-18,24H,6-10H2,1H3/p-1. The topological polar surface area (TPSA) is 67.8 Å². The van der Waals surface area contributed by atoms with E-state index in [1.165, 1.54) is 17.5 Å². The summed E-state index contributed by atoms with van der Waals surface area (Å²) in [5, 5.41) is 8.66. The van der Waals surface area contributed by atoms with E-state index >= 15 is 0 Å². The molecule has 8 heteroatoms. The second-order valence-corrected chi connectivity index (χ2v) is 9.25. The zero-order chi connectivity index (χ0) is 19.9. The molecule has 0 aromatic heterocycles. The first-order valence-electron chi connectivity index (χ1n) is 9.66. The molecule has 3 aliphatic rings. The van der Waals surface area contributed by atoms with Gasteiger partial charge in [-0.3, -0.25) is 5.04 Å². The molecule has 0 spiro atoms. The fourth-order valence-electron chi connectivity index (χ4n) is 5.78. The summed E-state index contributed by atoms with van der Waals surface area (Å²) in [6.07, 6.45) is 4.39. The van der Waals surface area contributed by atoms with E-state index in [2.05, 4.69) is 40.6 Å². The predicted octanol–water partition coefficient (Wildman–Crippen LogP) is 3.60. The lowest BCUT2D eigenvalue weighted by molar-refractivity contribution is -0.777. The molecule has 2 bridgehead atoms. The SMILES string of the molecule is Cc1ccc(CC2CC3C4CC(OC(=O)C(F)(F)SOO[O-])C(C4)C3C2)cc1. The quantitative estimate of drug-likeness (QED) is 0.295. The largest absolute Gasteiger partial charge is 0.691 e. The average Bonchev–Trinajstić information content (AvgIpc) is 3.33. The normalized spacial score (nSPS) is 33.9. The fraction of sp³-hybridized carbons (Fsp3) is 0.650. The Labute approximate surface area is 166 Å². The molecule has 0 radical (unpaired) electrons. The highest BCUT2D eigenvalue weighted by molar-refractivity contribution is 7.96. The number of hydrogen-bond donors (Lipinski definition) is 0. The van der Waals surface area contributed by atoms with Gasteiger partial charge in [-0.05, 0) is 74.2 Å². The van der Waals surface area contributed by atoms with E-state index in [-0.39, 0.29) is 5.92 Å². The van der Waals surface area contributed by atoms with Gasteiger partial charge in [-0.2, -0.15) is 13.1 Å². The summed E-state index contributed by atoms with van der Waals surface area (Å²) in [6, 6.07) is 8.61. The molecule has 3 saturated carbocycles. The summed E-state index contributed by atoms with van der Waals surface area (Å²) in [6.45, 7) is 2.07. The second kappa shape index (κ2) is 7.89. The van der Waals surface area contributed by atoms with Crippen molar-refractivity contribution in [2.75, 3.05) is 0 Å². The van der Waals surface area contributed by atoms with Crippen LogP contribution < -0.4 is 5.26 Å². The molecule has 6 atom stereocenters. The van der Waals surface area contributed by atoms with Gasteiger partial charge in [0.15, 0.2) is 0 Å². The highest BCUT2D eigenvalue weighted by atomic mass is 32.2. The Bertz CT molecular complexity index is 713. The van der Waals surface area contributed by atoms with Crippen molar-refractivity contribution in [1.29, 1.82) is 0 Å². The molecule has 1 aromatic rings. The van der Waals surface area contributed by atoms with Gasteiger partial charge in [-0.1, -0.05) is 29.8 Å². The van der Waals surface area contributed by atoms with Gasteiger partial charge < -0.3 is 9.99 Å². The van der Waals surface area contributed by atoms with Crippen molar-refractivity contribution in [3.63, 3.8) is 0 Å². The maximum Gasteiger partial charge on any atom is 0.415 e. The Balaban J connectivity index is 1.34. The summed E-state index contributed by atoms with van der Waals surface area (Å²) < 4.78 is 36.0. The van der Waals surface area contributed by atoms with Crippen LogP contribution in [0.1, 0.15) is 36.8 Å². The molecule has 0 heterocycles. The Morgan fingerprint density at radius 1 is 1.14 bits per heavy atom. The van der Waals surface area contributed by atoms with Crippen molar-refractivity contribution in [1.82, 2.24) is 0 Å². The van der Waals surface area contributed by atoms with Crippen molar-refractivity contribution in [2.45, 2.75) is 50.4 Å². The number of rotatable bonds is 7. The summed E-state index contributed by atoms with van der Waals surface area (Å²) >= 11 is -0.630. The lowest BCUT2D eigenvalue weighted by Gasteiger charge is -2.31. The van der Waals surface area contributed by atoms with Crippen LogP contribution in [0.25, 0.3) is 0 Å². The number of hydrogen-bond acceptors (Lipinski definition) is 6. The third-order valence-corrected chi connectivity index (χ3v) is 7.31. The molecular formula is C20H23F2O5S-. The number of carbonyl (C=O) groups is 1. The third-order valence-electron chi connectivity index (χ3n) is 6.81. The third kappa shape index (κ3) is 3.92. The van der Waals surface area contributed by atoms with Gasteiger partial charge in [0.05, 0.1) is 0 Å². The molecule has 3 aliphatic carbocycles. The van der Waals surface area contributed by atoms with Gasteiger partial charge in [0.2, 0.25) is 0 Å². The van der Waals surface area contributed by atoms with Gasteiger partial charge in [0.25, 0.3) is 0 Å². The molecule has 1 aromatic carbocycles. The summed E-state index contributed by atoms with van der Waals surface area (Å²) in [5.74, 6) is 0.574. The van der Waals surface area contributed by atoms with E-state index in [9.17, 15) is 18.8 Å². The summed E-state index contributed by atoms with van der Waals surface area (Å²) in [7, 11) is 0. The Kier molecular flexibility index (Phi) is 5.66. The Morgan fingerprint density at radius 3 is 2.57 bits per heavy atom. The molecule has 0 amide bonds. The first-order chi connectivity index (χ1) is 13.4. The average molecular weight is 413 g/mol. The van der Waals surface area contributed by atoms with Crippen LogP contribution in [0, 0.1) is 36.5 Å². The number of alkyl halides is 2. The van der Waals surface area contributed by atoms with E-state index in [1.807, 2.05) is 0 Å². The van der Waals surface area contributed by atoms with Crippen molar-refractivity contribution >= 4 is 18.0 Å². The van der Waals surface area contributed by atoms with E-state index in [0.717, 1.165) is 19.3 Å². The molecule has 0 saturated heterocycles. The van der Waals surface area contributed by atoms with Gasteiger partial charge in [-0.15, -0.1) is 0 Å². The highest BCUT2D eigenvalue weighted by Crippen LogP contribution is 2.61. The lowest BCUT2D eigenvalue weighted by atomic mass is 9.80. The second-order valence-electron chi connectivity index (χ2n) is 8.43. The number of halogens is 2. The van der Waals surface area contributed by atoms with Crippen LogP contribution in [-0.4, -0.2) is 17.3 Å². The van der Waals surface area contributed by atoms with Crippen LogP contribution in [0.5, 0.6) is 0 Å². The van der Waals surface area contributed by atoms with Crippen molar-refractivity contribution in [3.8, 4) is 0 Å². The molecular weight excluding hydrogens is 390 g/mol. The maximum atomic E-state index is 13.6. The van der Waals surface area contributed by atoms with Gasteiger partial charge in [-0.25, -0.2) is 4.79 Å². The molecule has 3 fully saturated rings. The first-order valence-corrected chi connectivity index (χ1v) is 10.4. The minimum absolute atomic E-state index is 0.152. The van der Waals surface area contributed by atoms with E-state index in [0.29, 0.717) is 30.1 Å². The van der Waals surface area contributed by atoms with Crippen LogP contribution in [0.3, 0.4) is 0 Å². The number of fused-ring (bicyclic) bond motifs is 5. The van der Waals surface area contributed by atoms with Crippen LogP contribution in [0.4, 0.5) is 8.78 Å².